The van der Waals surface area contributed by atoms with Crippen LogP contribution >= 0.6 is 15.9 Å². The molecule has 1 aromatic heterocycles. The fourth-order valence-electron chi connectivity index (χ4n) is 2.76. The van der Waals surface area contributed by atoms with E-state index in [9.17, 15) is 4.39 Å². The smallest absolute Gasteiger partial charge is 0.128 e. The molecule has 2 heterocycles. The first-order valence-electron chi connectivity index (χ1n) is 7.01. The van der Waals surface area contributed by atoms with Gasteiger partial charge in [0.1, 0.15) is 11.6 Å². The first kappa shape index (κ1) is 14.7. The molecule has 0 aliphatic carbocycles. The van der Waals surface area contributed by atoms with Crippen molar-refractivity contribution in [3.05, 3.63) is 52.3 Å². The summed E-state index contributed by atoms with van der Waals surface area (Å²) in [7, 11) is 2.00. The van der Waals surface area contributed by atoms with E-state index in [-0.39, 0.29) is 11.9 Å². The molecule has 0 saturated carbocycles. The van der Waals surface area contributed by atoms with Crippen LogP contribution < -0.4 is 5.32 Å². The van der Waals surface area contributed by atoms with Gasteiger partial charge in [-0.3, -0.25) is 4.90 Å². The lowest BCUT2D eigenvalue weighted by Gasteiger charge is -2.35. The molecule has 0 radical (unpaired) electrons. The van der Waals surface area contributed by atoms with E-state index < -0.39 is 0 Å². The monoisotopic (exact) mass is 352 g/mol. The second-order valence-electron chi connectivity index (χ2n) is 5.32. The zero-order valence-corrected chi connectivity index (χ0v) is 13.5. The first-order chi connectivity index (χ1) is 10.1. The van der Waals surface area contributed by atoms with Gasteiger partial charge < -0.3 is 9.88 Å². The van der Waals surface area contributed by atoms with Crippen LogP contribution in [0.3, 0.4) is 0 Å². The predicted octanol–water partition coefficient (Wildman–Crippen LogP) is 2.47. The van der Waals surface area contributed by atoms with Crippen molar-refractivity contribution < 1.29 is 4.39 Å². The van der Waals surface area contributed by atoms with E-state index in [2.05, 4.69) is 31.1 Å². The number of aromatic nitrogens is 2. The van der Waals surface area contributed by atoms with Gasteiger partial charge in [-0.05, 0) is 12.1 Å². The Morgan fingerprint density at radius 1 is 1.48 bits per heavy atom. The third kappa shape index (κ3) is 3.17. The van der Waals surface area contributed by atoms with Gasteiger partial charge in [0.15, 0.2) is 0 Å². The van der Waals surface area contributed by atoms with E-state index in [0.29, 0.717) is 6.54 Å². The Balaban J connectivity index is 1.83. The third-order valence-electron chi connectivity index (χ3n) is 3.90. The molecule has 1 aliphatic heterocycles. The van der Waals surface area contributed by atoms with Crippen LogP contribution in [0, 0.1) is 5.82 Å². The summed E-state index contributed by atoms with van der Waals surface area (Å²) in [6, 6.07) is 5.42. The van der Waals surface area contributed by atoms with Gasteiger partial charge in [0.05, 0.1) is 6.04 Å². The Kier molecular flexibility index (Phi) is 4.37. The van der Waals surface area contributed by atoms with Crippen molar-refractivity contribution in [3.63, 3.8) is 0 Å². The van der Waals surface area contributed by atoms with E-state index in [4.69, 9.17) is 0 Å². The van der Waals surface area contributed by atoms with E-state index in [1.54, 1.807) is 0 Å². The number of rotatable bonds is 3. The standard InChI is InChI=1S/C15H18BrFN4/c1-20-6-5-19-15(20)14-9-18-4-7-21(14)10-11-2-3-12(16)8-13(11)17/h2-3,5-6,8,14,18H,4,7,9-10H2,1H3. The van der Waals surface area contributed by atoms with Crippen molar-refractivity contribution in [1.82, 2.24) is 19.8 Å². The SMILES string of the molecule is Cn1ccnc1C1CNCCN1Cc1ccc(Br)cc1F. The number of aryl methyl sites for hydroxylation is 1. The Bertz CT molecular complexity index is 628. The van der Waals surface area contributed by atoms with Crippen LogP contribution in [0.1, 0.15) is 17.4 Å². The molecule has 1 fully saturated rings. The quantitative estimate of drug-likeness (QED) is 0.920. The van der Waals surface area contributed by atoms with Crippen molar-refractivity contribution in [2.75, 3.05) is 19.6 Å². The minimum absolute atomic E-state index is 0.165. The van der Waals surface area contributed by atoms with Crippen molar-refractivity contribution in [2.24, 2.45) is 7.05 Å². The van der Waals surface area contributed by atoms with Gasteiger partial charge in [-0.1, -0.05) is 22.0 Å². The lowest BCUT2D eigenvalue weighted by Crippen LogP contribution is -2.46. The second-order valence-corrected chi connectivity index (χ2v) is 6.24. The molecule has 1 aliphatic rings. The number of hydrogen-bond donors (Lipinski definition) is 1. The van der Waals surface area contributed by atoms with Crippen molar-refractivity contribution in [2.45, 2.75) is 12.6 Å². The number of nitrogens with zero attached hydrogens (tertiary/aromatic N) is 3. The molecular formula is C15H18BrFN4. The van der Waals surface area contributed by atoms with Crippen LogP contribution in [0.5, 0.6) is 0 Å². The molecule has 1 N–H and O–H groups in total. The first-order valence-corrected chi connectivity index (χ1v) is 7.80. The minimum atomic E-state index is -0.165. The van der Waals surface area contributed by atoms with E-state index >= 15 is 0 Å². The summed E-state index contributed by atoms with van der Waals surface area (Å²) >= 11 is 3.30. The number of hydrogen-bond acceptors (Lipinski definition) is 3. The number of piperazine rings is 1. The van der Waals surface area contributed by atoms with Crippen LogP contribution in [0.4, 0.5) is 4.39 Å². The fourth-order valence-corrected chi connectivity index (χ4v) is 3.09. The highest BCUT2D eigenvalue weighted by atomic mass is 79.9. The summed E-state index contributed by atoms with van der Waals surface area (Å²) in [6.07, 6.45) is 3.75. The van der Waals surface area contributed by atoms with Gasteiger partial charge in [0.25, 0.3) is 0 Å². The summed E-state index contributed by atoms with van der Waals surface area (Å²) in [5.41, 5.74) is 0.722. The van der Waals surface area contributed by atoms with E-state index in [1.165, 1.54) is 6.07 Å². The molecule has 0 amide bonds. The molecular weight excluding hydrogens is 335 g/mol. The van der Waals surface area contributed by atoms with Crippen LogP contribution in [0.15, 0.2) is 35.1 Å². The molecule has 6 heteroatoms. The number of imidazole rings is 1. The van der Waals surface area contributed by atoms with Crippen molar-refractivity contribution >= 4 is 15.9 Å². The van der Waals surface area contributed by atoms with Gasteiger partial charge in [0, 0.05) is 55.7 Å². The average Bonchev–Trinajstić information content (AvgIpc) is 2.89. The van der Waals surface area contributed by atoms with Crippen LogP contribution in [-0.2, 0) is 13.6 Å². The lowest BCUT2D eigenvalue weighted by atomic mass is 10.1. The molecule has 2 aromatic rings. The van der Waals surface area contributed by atoms with Gasteiger partial charge in [0.2, 0.25) is 0 Å². The Hall–Kier alpha value is -1.24. The Morgan fingerprint density at radius 3 is 3.05 bits per heavy atom. The minimum Gasteiger partial charge on any atom is -0.337 e. The summed E-state index contributed by atoms with van der Waals surface area (Å²) in [5, 5.41) is 3.39. The fraction of sp³-hybridized carbons (Fsp3) is 0.400. The lowest BCUT2D eigenvalue weighted by molar-refractivity contribution is 0.143. The van der Waals surface area contributed by atoms with Gasteiger partial charge in [-0.25, -0.2) is 9.37 Å². The zero-order valence-electron chi connectivity index (χ0n) is 11.9. The highest BCUT2D eigenvalue weighted by Gasteiger charge is 2.27. The maximum atomic E-state index is 14.1. The highest BCUT2D eigenvalue weighted by Crippen LogP contribution is 2.24. The molecule has 4 nitrogen and oxygen atoms in total. The van der Waals surface area contributed by atoms with E-state index in [0.717, 1.165) is 35.5 Å². The second kappa shape index (κ2) is 6.25. The van der Waals surface area contributed by atoms with Crippen LogP contribution in [0.25, 0.3) is 0 Å². The largest absolute Gasteiger partial charge is 0.337 e. The zero-order chi connectivity index (χ0) is 14.8. The summed E-state index contributed by atoms with van der Waals surface area (Å²) in [6.45, 7) is 3.23. The summed E-state index contributed by atoms with van der Waals surface area (Å²) < 4.78 is 16.9. The molecule has 1 unspecified atom stereocenters. The van der Waals surface area contributed by atoms with Crippen LogP contribution in [-0.4, -0.2) is 34.1 Å². The molecule has 1 atom stereocenters. The molecule has 1 aromatic carbocycles. The molecule has 3 rings (SSSR count). The van der Waals surface area contributed by atoms with Gasteiger partial charge in [-0.2, -0.15) is 0 Å². The number of halogens is 2. The topological polar surface area (TPSA) is 33.1 Å². The van der Waals surface area contributed by atoms with Crippen molar-refractivity contribution in [3.8, 4) is 0 Å². The molecule has 21 heavy (non-hydrogen) atoms. The number of benzene rings is 1. The maximum absolute atomic E-state index is 14.1. The number of nitrogens with one attached hydrogen (secondary N) is 1. The summed E-state index contributed by atoms with van der Waals surface area (Å²) in [4.78, 5) is 6.73. The predicted molar refractivity (Wildman–Crippen MR) is 83.3 cm³/mol. The molecule has 112 valence electrons. The van der Waals surface area contributed by atoms with Crippen LogP contribution in [0.2, 0.25) is 0 Å². The van der Waals surface area contributed by atoms with Crippen molar-refractivity contribution in [1.29, 1.82) is 0 Å². The maximum Gasteiger partial charge on any atom is 0.128 e. The molecule has 0 bridgehead atoms. The highest BCUT2D eigenvalue weighted by molar-refractivity contribution is 9.10. The van der Waals surface area contributed by atoms with Gasteiger partial charge >= 0.3 is 0 Å². The molecule has 0 spiro atoms. The third-order valence-corrected chi connectivity index (χ3v) is 4.39. The Morgan fingerprint density at radius 2 is 2.33 bits per heavy atom. The summed E-state index contributed by atoms with van der Waals surface area (Å²) in [5.74, 6) is 0.848. The van der Waals surface area contributed by atoms with E-state index in [1.807, 2.05) is 36.1 Å². The average molecular weight is 353 g/mol. The Labute approximate surface area is 132 Å². The van der Waals surface area contributed by atoms with Gasteiger partial charge in [-0.15, -0.1) is 0 Å². The molecule has 1 saturated heterocycles. The normalized spacial score (nSPS) is 19.9.